The quantitative estimate of drug-likeness (QED) is 0.767. The molecule has 1 unspecified atom stereocenters. The number of hydrogen-bond donors (Lipinski definition) is 1. The second-order valence-electron chi connectivity index (χ2n) is 4.30. The molecule has 80 valence electrons. The van der Waals surface area contributed by atoms with Crippen molar-refractivity contribution < 1.29 is 0 Å². The Morgan fingerprint density at radius 3 is 2.87 bits per heavy atom. The van der Waals surface area contributed by atoms with Crippen LogP contribution >= 0.6 is 11.6 Å². The number of halogens is 1. The summed E-state index contributed by atoms with van der Waals surface area (Å²) in [6, 6.07) is 6.79. The molecule has 1 aromatic rings. The van der Waals surface area contributed by atoms with E-state index in [9.17, 15) is 0 Å². The summed E-state index contributed by atoms with van der Waals surface area (Å²) in [5, 5.41) is 4.26. The van der Waals surface area contributed by atoms with E-state index >= 15 is 0 Å². The molecular weight excluding hydrogens is 206 g/mol. The van der Waals surface area contributed by atoms with Crippen LogP contribution in [0.25, 0.3) is 6.08 Å². The molecular formula is C13H16ClN. The van der Waals surface area contributed by atoms with Crippen LogP contribution in [0.1, 0.15) is 24.5 Å². The van der Waals surface area contributed by atoms with Gasteiger partial charge in [-0.05, 0) is 37.5 Å². The van der Waals surface area contributed by atoms with E-state index in [2.05, 4.69) is 30.4 Å². The second kappa shape index (κ2) is 4.38. The zero-order valence-electron chi connectivity index (χ0n) is 9.18. The Morgan fingerprint density at radius 1 is 1.47 bits per heavy atom. The number of rotatable bonds is 1. The predicted octanol–water partition coefficient (Wildman–Crippen LogP) is 3.41. The molecule has 1 atom stereocenters. The van der Waals surface area contributed by atoms with Gasteiger partial charge in [0.25, 0.3) is 0 Å². The van der Waals surface area contributed by atoms with Gasteiger partial charge in [-0.15, -0.1) is 0 Å². The van der Waals surface area contributed by atoms with Gasteiger partial charge in [0.2, 0.25) is 0 Å². The topological polar surface area (TPSA) is 12.0 Å². The van der Waals surface area contributed by atoms with Crippen LogP contribution in [-0.2, 0) is 0 Å². The van der Waals surface area contributed by atoms with E-state index in [1.807, 2.05) is 13.0 Å². The Labute approximate surface area is 96.1 Å². The average molecular weight is 222 g/mol. The smallest absolute Gasteiger partial charge is 0.0435 e. The summed E-state index contributed by atoms with van der Waals surface area (Å²) in [6.07, 6.45) is 3.42. The summed E-state index contributed by atoms with van der Waals surface area (Å²) in [4.78, 5) is 0. The third-order valence-electron chi connectivity index (χ3n) is 2.80. The van der Waals surface area contributed by atoms with E-state index in [-0.39, 0.29) is 0 Å². The van der Waals surface area contributed by atoms with Crippen molar-refractivity contribution in [3.63, 3.8) is 0 Å². The lowest BCUT2D eigenvalue weighted by Gasteiger charge is -2.01. The monoisotopic (exact) mass is 221 g/mol. The summed E-state index contributed by atoms with van der Waals surface area (Å²) < 4.78 is 0. The standard InChI is InChI=1S/C13H16ClN/c1-9-5-11(3-4-13(9)14)7-12-6-10(2)15-8-12/h3-5,7,10,15H,6,8H2,1-2H3/b12-7+. The number of hydrogen-bond acceptors (Lipinski definition) is 1. The fourth-order valence-electron chi connectivity index (χ4n) is 1.95. The summed E-state index contributed by atoms with van der Waals surface area (Å²) in [7, 11) is 0. The van der Waals surface area contributed by atoms with E-state index in [1.54, 1.807) is 0 Å². The van der Waals surface area contributed by atoms with Gasteiger partial charge in [-0.2, -0.15) is 0 Å². The first-order valence-electron chi connectivity index (χ1n) is 5.34. The van der Waals surface area contributed by atoms with Gasteiger partial charge in [-0.1, -0.05) is 35.4 Å². The van der Waals surface area contributed by atoms with E-state index in [1.165, 1.54) is 11.1 Å². The van der Waals surface area contributed by atoms with Crippen molar-refractivity contribution in [2.24, 2.45) is 0 Å². The first-order chi connectivity index (χ1) is 7.15. The van der Waals surface area contributed by atoms with Crippen LogP contribution in [0.2, 0.25) is 5.02 Å². The van der Waals surface area contributed by atoms with E-state index < -0.39 is 0 Å². The van der Waals surface area contributed by atoms with Crippen LogP contribution in [0.4, 0.5) is 0 Å². The molecule has 1 aliphatic rings. The highest BCUT2D eigenvalue weighted by Gasteiger charge is 2.13. The van der Waals surface area contributed by atoms with Gasteiger partial charge in [0.1, 0.15) is 0 Å². The molecule has 1 heterocycles. The van der Waals surface area contributed by atoms with Crippen molar-refractivity contribution in [3.05, 3.63) is 39.9 Å². The van der Waals surface area contributed by atoms with Crippen LogP contribution in [0.3, 0.4) is 0 Å². The predicted molar refractivity (Wildman–Crippen MR) is 66.2 cm³/mol. The molecule has 1 nitrogen and oxygen atoms in total. The van der Waals surface area contributed by atoms with Crippen molar-refractivity contribution in [2.75, 3.05) is 6.54 Å². The van der Waals surface area contributed by atoms with E-state index in [4.69, 9.17) is 11.6 Å². The minimum atomic E-state index is 0.615. The van der Waals surface area contributed by atoms with Crippen molar-refractivity contribution in [3.8, 4) is 0 Å². The van der Waals surface area contributed by atoms with Crippen LogP contribution in [0.5, 0.6) is 0 Å². The summed E-state index contributed by atoms with van der Waals surface area (Å²) in [5.74, 6) is 0. The van der Waals surface area contributed by atoms with E-state index in [0.717, 1.165) is 23.6 Å². The first-order valence-corrected chi connectivity index (χ1v) is 5.72. The maximum absolute atomic E-state index is 5.99. The van der Waals surface area contributed by atoms with Crippen LogP contribution in [0.15, 0.2) is 23.8 Å². The Kier molecular flexibility index (Phi) is 3.13. The van der Waals surface area contributed by atoms with E-state index in [0.29, 0.717) is 6.04 Å². The molecule has 15 heavy (non-hydrogen) atoms. The number of nitrogens with one attached hydrogen (secondary N) is 1. The third-order valence-corrected chi connectivity index (χ3v) is 3.22. The molecule has 2 heteroatoms. The molecule has 1 saturated heterocycles. The molecule has 1 N–H and O–H groups in total. The summed E-state index contributed by atoms with van der Waals surface area (Å²) >= 11 is 5.99. The molecule has 1 fully saturated rings. The van der Waals surface area contributed by atoms with Gasteiger partial charge in [0, 0.05) is 17.6 Å². The molecule has 0 amide bonds. The van der Waals surface area contributed by atoms with Crippen LogP contribution in [0, 0.1) is 6.92 Å². The minimum absolute atomic E-state index is 0.615. The summed E-state index contributed by atoms with van der Waals surface area (Å²) in [5.41, 5.74) is 3.87. The zero-order valence-corrected chi connectivity index (χ0v) is 9.93. The highest BCUT2D eigenvalue weighted by atomic mass is 35.5. The normalized spacial score (nSPS) is 23.7. The van der Waals surface area contributed by atoms with Crippen LogP contribution < -0.4 is 5.32 Å². The average Bonchev–Trinajstić information content (AvgIpc) is 2.58. The van der Waals surface area contributed by atoms with Gasteiger partial charge in [0.15, 0.2) is 0 Å². The SMILES string of the molecule is Cc1cc(/C=C2/CNC(C)C2)ccc1Cl. The molecule has 0 spiro atoms. The Balaban J connectivity index is 2.20. The molecule has 1 aliphatic heterocycles. The molecule has 0 aromatic heterocycles. The van der Waals surface area contributed by atoms with Crippen molar-refractivity contribution >= 4 is 17.7 Å². The third kappa shape index (κ3) is 2.61. The second-order valence-corrected chi connectivity index (χ2v) is 4.70. The molecule has 0 radical (unpaired) electrons. The van der Waals surface area contributed by atoms with Crippen LogP contribution in [-0.4, -0.2) is 12.6 Å². The largest absolute Gasteiger partial charge is 0.310 e. The highest BCUT2D eigenvalue weighted by molar-refractivity contribution is 6.31. The van der Waals surface area contributed by atoms with Crippen molar-refractivity contribution in [1.82, 2.24) is 5.32 Å². The maximum atomic E-state index is 5.99. The number of benzene rings is 1. The van der Waals surface area contributed by atoms with Crippen molar-refractivity contribution in [1.29, 1.82) is 0 Å². The fraction of sp³-hybridized carbons (Fsp3) is 0.385. The lowest BCUT2D eigenvalue weighted by molar-refractivity contribution is 0.667. The molecule has 2 rings (SSSR count). The zero-order chi connectivity index (χ0) is 10.8. The first kappa shape index (κ1) is 10.7. The minimum Gasteiger partial charge on any atom is -0.310 e. The van der Waals surface area contributed by atoms with Gasteiger partial charge >= 0.3 is 0 Å². The number of aryl methyl sites for hydroxylation is 1. The van der Waals surface area contributed by atoms with Crippen molar-refractivity contribution in [2.45, 2.75) is 26.3 Å². The lowest BCUT2D eigenvalue weighted by Crippen LogP contribution is -2.16. The Hall–Kier alpha value is -0.790. The molecule has 1 aromatic carbocycles. The fourth-order valence-corrected chi connectivity index (χ4v) is 2.06. The maximum Gasteiger partial charge on any atom is 0.0435 e. The molecule has 0 aliphatic carbocycles. The molecule has 0 saturated carbocycles. The van der Waals surface area contributed by atoms with Gasteiger partial charge in [-0.25, -0.2) is 0 Å². The van der Waals surface area contributed by atoms with Gasteiger partial charge in [-0.3, -0.25) is 0 Å². The highest BCUT2D eigenvalue weighted by Crippen LogP contribution is 2.20. The van der Waals surface area contributed by atoms with Gasteiger partial charge in [0.05, 0.1) is 0 Å². The summed E-state index contributed by atoms with van der Waals surface area (Å²) in [6.45, 7) is 5.27. The Bertz CT molecular complexity index is 396. The Morgan fingerprint density at radius 2 is 2.27 bits per heavy atom. The molecule has 0 bridgehead atoms. The lowest BCUT2D eigenvalue weighted by atomic mass is 10.1. The van der Waals surface area contributed by atoms with Gasteiger partial charge < -0.3 is 5.32 Å².